The number of nitrogens with zero attached hydrogens (tertiary/aromatic N) is 3. The van der Waals surface area contributed by atoms with E-state index in [1.165, 1.54) is 0 Å². The van der Waals surface area contributed by atoms with Gasteiger partial charge in [0.15, 0.2) is 15.8 Å². The minimum atomic E-state index is -2.80. The number of ether oxygens (including phenoxy) is 1. The Hall–Kier alpha value is -0.860. The predicted octanol–water partition coefficient (Wildman–Crippen LogP) is 0.183. The second-order valence-electron chi connectivity index (χ2n) is 6.37. The molecule has 140 valence electrons. The highest BCUT2D eigenvalue weighted by Gasteiger charge is 2.23. The van der Waals surface area contributed by atoms with Gasteiger partial charge in [0.1, 0.15) is 0 Å². The summed E-state index contributed by atoms with van der Waals surface area (Å²) in [5.41, 5.74) is 0. The lowest BCUT2D eigenvalue weighted by molar-refractivity contribution is 0.0263. The number of sulfone groups is 1. The lowest BCUT2D eigenvalue weighted by Gasteiger charge is -2.34. The summed E-state index contributed by atoms with van der Waals surface area (Å²) < 4.78 is 28.6. The van der Waals surface area contributed by atoms with Gasteiger partial charge >= 0.3 is 0 Å². The smallest absolute Gasteiger partial charge is 0.193 e. The quantitative estimate of drug-likeness (QED) is 0.538. The second kappa shape index (κ2) is 9.58. The van der Waals surface area contributed by atoms with Gasteiger partial charge in [-0.25, -0.2) is 8.42 Å². The third kappa shape index (κ3) is 6.22. The van der Waals surface area contributed by atoms with Gasteiger partial charge in [0, 0.05) is 45.9 Å². The molecule has 0 radical (unpaired) electrons. The molecule has 1 N–H and O–H groups in total. The molecule has 0 aromatic rings. The highest BCUT2D eigenvalue weighted by atomic mass is 32.2. The summed E-state index contributed by atoms with van der Waals surface area (Å²) in [6, 6.07) is 0. The van der Waals surface area contributed by atoms with Crippen LogP contribution < -0.4 is 5.32 Å². The van der Waals surface area contributed by atoms with Gasteiger partial charge in [0.05, 0.1) is 24.2 Å². The van der Waals surface area contributed by atoms with Crippen LogP contribution >= 0.6 is 0 Å². The molecule has 0 spiro atoms. The molecule has 0 unspecified atom stereocenters. The molecule has 2 aliphatic heterocycles. The summed E-state index contributed by atoms with van der Waals surface area (Å²) >= 11 is 0. The van der Waals surface area contributed by atoms with Crippen LogP contribution in [-0.2, 0) is 14.6 Å². The van der Waals surface area contributed by atoms with Crippen molar-refractivity contribution in [3.63, 3.8) is 0 Å². The van der Waals surface area contributed by atoms with Gasteiger partial charge in [-0.05, 0) is 26.7 Å². The third-order valence-corrected chi connectivity index (χ3v) is 6.20. The normalized spacial score (nSPS) is 23.4. The molecule has 0 saturated carbocycles. The number of piperidine rings is 1. The van der Waals surface area contributed by atoms with Crippen molar-refractivity contribution in [2.24, 2.45) is 4.99 Å². The summed E-state index contributed by atoms with van der Waals surface area (Å²) in [5.74, 6) is 1.53. The summed E-state index contributed by atoms with van der Waals surface area (Å²) in [6.07, 6.45) is 2.47. The van der Waals surface area contributed by atoms with Crippen molar-refractivity contribution in [1.29, 1.82) is 0 Å². The number of likely N-dealkylation sites (tertiary alicyclic amines) is 1. The monoisotopic (exact) mass is 360 g/mol. The molecule has 0 bridgehead atoms. The van der Waals surface area contributed by atoms with E-state index >= 15 is 0 Å². The van der Waals surface area contributed by atoms with Crippen molar-refractivity contribution in [1.82, 2.24) is 15.1 Å². The summed E-state index contributed by atoms with van der Waals surface area (Å²) in [6.45, 7) is 10.5. The van der Waals surface area contributed by atoms with Gasteiger partial charge in [-0.15, -0.1) is 0 Å². The first kappa shape index (κ1) is 19.5. The van der Waals surface area contributed by atoms with E-state index in [1.807, 2.05) is 6.92 Å². The van der Waals surface area contributed by atoms with E-state index in [0.717, 1.165) is 51.6 Å². The third-order valence-electron chi connectivity index (χ3n) is 4.59. The van der Waals surface area contributed by atoms with Crippen LogP contribution in [0.4, 0.5) is 0 Å². The zero-order chi connectivity index (χ0) is 17.4. The number of nitrogens with one attached hydrogen (secondary N) is 1. The van der Waals surface area contributed by atoms with Crippen LogP contribution in [-0.4, -0.2) is 94.2 Å². The van der Waals surface area contributed by atoms with E-state index in [-0.39, 0.29) is 11.5 Å². The van der Waals surface area contributed by atoms with Crippen LogP contribution in [0, 0.1) is 0 Å². The first-order valence-corrected chi connectivity index (χ1v) is 10.9. The maximum Gasteiger partial charge on any atom is 0.193 e. The Balaban J connectivity index is 1.78. The highest BCUT2D eigenvalue weighted by molar-refractivity contribution is 7.91. The van der Waals surface area contributed by atoms with Crippen LogP contribution in [0.3, 0.4) is 0 Å². The van der Waals surface area contributed by atoms with Crippen molar-refractivity contribution in [2.75, 3.05) is 63.9 Å². The van der Waals surface area contributed by atoms with Gasteiger partial charge in [0.25, 0.3) is 0 Å². The molecular formula is C16H32N4O3S. The first-order valence-electron chi connectivity index (χ1n) is 9.11. The van der Waals surface area contributed by atoms with E-state index < -0.39 is 9.84 Å². The van der Waals surface area contributed by atoms with Crippen molar-refractivity contribution in [3.8, 4) is 0 Å². The molecular weight excluding hydrogens is 328 g/mol. The van der Waals surface area contributed by atoms with E-state index in [1.54, 1.807) is 0 Å². The van der Waals surface area contributed by atoms with Gasteiger partial charge < -0.3 is 15.0 Å². The zero-order valence-electron chi connectivity index (χ0n) is 15.0. The predicted molar refractivity (Wildman–Crippen MR) is 97.3 cm³/mol. The molecule has 0 aromatic carbocycles. The molecule has 0 atom stereocenters. The van der Waals surface area contributed by atoms with Crippen LogP contribution in [0.15, 0.2) is 4.99 Å². The standard InChI is InChI=1S/C16H32N4O3S/c1-3-17-16(20-8-5-15(6-9-20)23-4-2)18-7-10-19-11-13-24(21,22)14-12-19/h15H,3-14H2,1-2H3,(H,17,18). The van der Waals surface area contributed by atoms with E-state index in [9.17, 15) is 8.42 Å². The first-order chi connectivity index (χ1) is 11.5. The van der Waals surface area contributed by atoms with E-state index in [0.29, 0.717) is 25.7 Å². The summed E-state index contributed by atoms with van der Waals surface area (Å²) in [4.78, 5) is 9.23. The molecule has 2 heterocycles. The molecule has 0 aromatic heterocycles. The Morgan fingerprint density at radius 3 is 2.42 bits per heavy atom. The fourth-order valence-electron chi connectivity index (χ4n) is 3.17. The van der Waals surface area contributed by atoms with Gasteiger partial charge in [0.2, 0.25) is 0 Å². The molecule has 2 saturated heterocycles. The molecule has 2 fully saturated rings. The van der Waals surface area contributed by atoms with Gasteiger partial charge in [-0.3, -0.25) is 9.89 Å². The average molecular weight is 361 g/mol. The number of guanidine groups is 1. The topological polar surface area (TPSA) is 74.2 Å². The molecule has 7 nitrogen and oxygen atoms in total. The minimum absolute atomic E-state index is 0.279. The Morgan fingerprint density at radius 1 is 1.17 bits per heavy atom. The minimum Gasteiger partial charge on any atom is -0.378 e. The lowest BCUT2D eigenvalue weighted by Crippen LogP contribution is -2.47. The SMILES string of the molecule is CCNC(=NCCN1CCS(=O)(=O)CC1)N1CCC(OCC)CC1. The maximum absolute atomic E-state index is 11.5. The number of hydrogen-bond acceptors (Lipinski definition) is 5. The molecule has 0 amide bonds. The van der Waals surface area contributed by atoms with Crippen LogP contribution in [0.1, 0.15) is 26.7 Å². The van der Waals surface area contributed by atoms with Gasteiger partial charge in [-0.2, -0.15) is 0 Å². The van der Waals surface area contributed by atoms with Crippen LogP contribution in [0.5, 0.6) is 0 Å². The molecule has 0 aliphatic carbocycles. The number of aliphatic imine (C=N–C) groups is 1. The Labute approximate surface area is 146 Å². The molecule has 24 heavy (non-hydrogen) atoms. The van der Waals surface area contributed by atoms with Crippen molar-refractivity contribution >= 4 is 15.8 Å². The highest BCUT2D eigenvalue weighted by Crippen LogP contribution is 2.13. The van der Waals surface area contributed by atoms with Crippen LogP contribution in [0.2, 0.25) is 0 Å². The summed E-state index contributed by atoms with van der Waals surface area (Å²) in [5, 5.41) is 3.37. The van der Waals surface area contributed by atoms with Gasteiger partial charge in [-0.1, -0.05) is 0 Å². The lowest BCUT2D eigenvalue weighted by atomic mass is 10.1. The Kier molecular flexibility index (Phi) is 7.77. The van der Waals surface area contributed by atoms with Crippen LogP contribution in [0.25, 0.3) is 0 Å². The molecule has 8 heteroatoms. The fourth-order valence-corrected chi connectivity index (χ4v) is 4.44. The Morgan fingerprint density at radius 2 is 1.83 bits per heavy atom. The van der Waals surface area contributed by atoms with Crippen molar-refractivity contribution < 1.29 is 13.2 Å². The van der Waals surface area contributed by atoms with E-state index in [4.69, 9.17) is 9.73 Å². The molecule has 2 aliphatic rings. The Bertz CT molecular complexity index is 487. The number of hydrogen-bond donors (Lipinski definition) is 1. The summed E-state index contributed by atoms with van der Waals surface area (Å²) in [7, 11) is -2.80. The van der Waals surface area contributed by atoms with E-state index in [2.05, 4.69) is 22.0 Å². The maximum atomic E-state index is 11.5. The fraction of sp³-hybridized carbons (Fsp3) is 0.938. The average Bonchev–Trinajstić information content (AvgIpc) is 2.57. The van der Waals surface area contributed by atoms with Crippen molar-refractivity contribution in [2.45, 2.75) is 32.8 Å². The van der Waals surface area contributed by atoms with Crippen molar-refractivity contribution in [3.05, 3.63) is 0 Å². The number of rotatable bonds is 6. The molecule has 2 rings (SSSR count). The zero-order valence-corrected chi connectivity index (χ0v) is 15.9. The second-order valence-corrected chi connectivity index (χ2v) is 8.67. The largest absolute Gasteiger partial charge is 0.378 e.